The average Bonchev–Trinajstić information content (AvgIpc) is 3.65. The number of benzene rings is 1. The van der Waals surface area contributed by atoms with Crippen LogP contribution in [0.2, 0.25) is 0 Å². The maximum absolute atomic E-state index is 13.8. The summed E-state index contributed by atoms with van der Waals surface area (Å²) in [4.78, 5) is 46.6. The number of amides is 3. The molecule has 5 N–H and O–H groups in total. The van der Waals surface area contributed by atoms with Gasteiger partial charge in [-0.2, -0.15) is 0 Å². The first-order valence-corrected chi connectivity index (χ1v) is 16.9. The number of rotatable bonds is 20. The number of carbonyl (C=O) groups excluding carboxylic acids is 3. The molecule has 3 amide bonds. The van der Waals surface area contributed by atoms with Crippen LogP contribution < -0.4 is 16.4 Å². The third kappa shape index (κ3) is 12.9. The summed E-state index contributed by atoms with van der Waals surface area (Å²) in [7, 11) is 0. The van der Waals surface area contributed by atoms with Crippen LogP contribution in [0.4, 0.5) is 0 Å². The van der Waals surface area contributed by atoms with Gasteiger partial charge in [0.1, 0.15) is 12.1 Å². The number of ether oxygens (including phenoxy) is 4. The number of thiazole rings is 1. The summed E-state index contributed by atoms with van der Waals surface area (Å²) < 4.78 is 21.6. The van der Waals surface area contributed by atoms with E-state index in [2.05, 4.69) is 15.6 Å². The number of hydrogen-bond acceptors (Lipinski definition) is 11. The maximum Gasteiger partial charge on any atom is 0.246 e. The van der Waals surface area contributed by atoms with Gasteiger partial charge in [0.15, 0.2) is 0 Å². The molecule has 3 unspecified atom stereocenters. The summed E-state index contributed by atoms with van der Waals surface area (Å²) in [5.41, 5.74) is 9.45. The van der Waals surface area contributed by atoms with Crippen molar-refractivity contribution in [2.75, 3.05) is 65.9 Å². The van der Waals surface area contributed by atoms with Crippen LogP contribution in [0.5, 0.6) is 0 Å². The quantitative estimate of drug-likeness (QED) is 0.151. The Labute approximate surface area is 281 Å². The van der Waals surface area contributed by atoms with Crippen molar-refractivity contribution in [1.82, 2.24) is 20.5 Å². The van der Waals surface area contributed by atoms with E-state index in [1.165, 1.54) is 4.90 Å². The predicted molar refractivity (Wildman–Crippen MR) is 179 cm³/mol. The lowest BCUT2D eigenvalue weighted by Gasteiger charge is -2.35. The Balaban J connectivity index is 1.42. The number of aliphatic hydroxyl groups excluding tert-OH is 1. The van der Waals surface area contributed by atoms with Crippen LogP contribution >= 0.6 is 11.3 Å². The van der Waals surface area contributed by atoms with Crippen LogP contribution in [-0.4, -0.2) is 117 Å². The van der Waals surface area contributed by atoms with Crippen LogP contribution in [0, 0.1) is 12.3 Å². The van der Waals surface area contributed by atoms with E-state index < -0.39 is 29.5 Å². The van der Waals surface area contributed by atoms with Crippen LogP contribution in [0.3, 0.4) is 0 Å². The van der Waals surface area contributed by atoms with Crippen molar-refractivity contribution in [2.45, 2.75) is 65.3 Å². The van der Waals surface area contributed by atoms with Gasteiger partial charge in [-0.15, -0.1) is 11.3 Å². The van der Waals surface area contributed by atoms with Gasteiger partial charge in [-0.1, -0.05) is 45.0 Å². The number of likely N-dealkylation sites (tertiary alicyclic amines) is 1. The summed E-state index contributed by atoms with van der Waals surface area (Å²) in [5, 5.41) is 16.2. The molecule has 1 saturated heterocycles. The second-order valence-corrected chi connectivity index (χ2v) is 13.3. The first-order chi connectivity index (χ1) is 22.5. The molecule has 47 heavy (non-hydrogen) atoms. The third-order valence-corrected chi connectivity index (χ3v) is 8.54. The minimum absolute atomic E-state index is 0.0124. The van der Waals surface area contributed by atoms with E-state index in [-0.39, 0.29) is 44.4 Å². The predicted octanol–water partition coefficient (Wildman–Crippen LogP) is 1.64. The first-order valence-electron chi connectivity index (χ1n) is 16.1. The lowest BCUT2D eigenvalue weighted by molar-refractivity contribution is -0.144. The SMILES string of the molecule is Cc1ncsc1-c1ccc(CNC(=O)C2CC(O)CN2C(=O)C(NC(=O)CCOCCOCCOCCOCCN)C(C)(C)C)cc1. The van der Waals surface area contributed by atoms with Crippen molar-refractivity contribution in [2.24, 2.45) is 11.1 Å². The second kappa shape index (κ2) is 19.7. The van der Waals surface area contributed by atoms with Crippen molar-refractivity contribution in [3.63, 3.8) is 0 Å². The van der Waals surface area contributed by atoms with Crippen molar-refractivity contribution < 1.29 is 38.4 Å². The highest BCUT2D eigenvalue weighted by Gasteiger charge is 2.44. The zero-order chi connectivity index (χ0) is 34.2. The number of nitrogens with one attached hydrogen (secondary N) is 2. The van der Waals surface area contributed by atoms with Gasteiger partial charge in [0.25, 0.3) is 0 Å². The highest BCUT2D eigenvalue weighted by molar-refractivity contribution is 7.13. The standard InChI is InChI=1S/C33H51N5O8S/c1-23-29(47-22-36-23)25-7-5-24(6-8-25)20-35-31(41)27-19-26(39)21-38(27)32(42)30(33(2,3)4)37-28(40)9-11-43-13-15-45-17-18-46-16-14-44-12-10-34/h5-8,22,26-27,30,39H,9-21,34H2,1-4H3,(H,35,41)(H,37,40). The lowest BCUT2D eigenvalue weighted by Crippen LogP contribution is -2.57. The number of nitrogens with two attached hydrogens (primary N) is 1. The normalized spacial score (nSPS) is 17.1. The second-order valence-electron chi connectivity index (χ2n) is 12.4. The Morgan fingerprint density at radius 2 is 1.60 bits per heavy atom. The molecule has 13 nitrogen and oxygen atoms in total. The number of aliphatic hydroxyl groups is 1. The largest absolute Gasteiger partial charge is 0.391 e. The van der Waals surface area contributed by atoms with Crippen molar-refractivity contribution in [3.05, 3.63) is 41.0 Å². The Morgan fingerprint density at radius 3 is 2.15 bits per heavy atom. The van der Waals surface area contributed by atoms with Crippen molar-refractivity contribution in [1.29, 1.82) is 0 Å². The summed E-state index contributed by atoms with van der Waals surface area (Å²) >= 11 is 1.58. The van der Waals surface area contributed by atoms with Gasteiger partial charge in [-0.05, 0) is 23.5 Å². The molecular weight excluding hydrogens is 626 g/mol. The molecule has 3 atom stereocenters. The van der Waals surface area contributed by atoms with Gasteiger partial charge in [0.2, 0.25) is 17.7 Å². The molecule has 0 saturated carbocycles. The summed E-state index contributed by atoms with van der Waals surface area (Å²) in [5.74, 6) is -1.11. The monoisotopic (exact) mass is 677 g/mol. The fourth-order valence-corrected chi connectivity index (χ4v) is 5.84. The van der Waals surface area contributed by atoms with E-state index in [1.54, 1.807) is 11.3 Å². The zero-order valence-corrected chi connectivity index (χ0v) is 28.8. The van der Waals surface area contributed by atoms with Crippen LogP contribution in [0.25, 0.3) is 10.4 Å². The molecule has 2 aromatic rings. The van der Waals surface area contributed by atoms with E-state index in [9.17, 15) is 19.5 Å². The number of aryl methyl sites for hydroxylation is 1. The molecule has 0 radical (unpaired) electrons. The van der Waals surface area contributed by atoms with Crippen LogP contribution in [0.1, 0.15) is 44.9 Å². The molecule has 1 aromatic carbocycles. The highest BCUT2D eigenvalue weighted by Crippen LogP contribution is 2.28. The van der Waals surface area contributed by atoms with Crippen LogP contribution in [-0.2, 0) is 39.9 Å². The van der Waals surface area contributed by atoms with Gasteiger partial charge in [0, 0.05) is 32.5 Å². The molecule has 3 rings (SSSR count). The number of aromatic nitrogens is 1. The van der Waals surface area contributed by atoms with E-state index in [1.807, 2.05) is 57.5 Å². The zero-order valence-electron chi connectivity index (χ0n) is 28.0. The highest BCUT2D eigenvalue weighted by atomic mass is 32.1. The molecule has 14 heteroatoms. The molecule has 1 aliphatic rings. The number of hydrogen-bond donors (Lipinski definition) is 4. The molecular formula is C33H51N5O8S. The number of carbonyl (C=O) groups is 3. The lowest BCUT2D eigenvalue weighted by atomic mass is 9.85. The van der Waals surface area contributed by atoms with E-state index in [4.69, 9.17) is 24.7 Å². The fourth-order valence-electron chi connectivity index (χ4n) is 5.02. The molecule has 2 heterocycles. The van der Waals surface area contributed by atoms with Gasteiger partial charge >= 0.3 is 0 Å². The molecule has 1 aliphatic heterocycles. The molecule has 262 valence electrons. The summed E-state index contributed by atoms with van der Waals surface area (Å²) in [6.45, 7) is 11.4. The van der Waals surface area contributed by atoms with Crippen LogP contribution in [0.15, 0.2) is 29.8 Å². The first kappa shape index (κ1) is 38.5. The van der Waals surface area contributed by atoms with Gasteiger partial charge in [0.05, 0.1) is 75.0 Å². The minimum Gasteiger partial charge on any atom is -0.391 e. The number of β-amino-alcohol motifs (C(OH)–C–C–N with tert-alkyl or cyclic N) is 1. The van der Waals surface area contributed by atoms with E-state index in [0.29, 0.717) is 52.8 Å². The molecule has 0 bridgehead atoms. The Kier molecular flexibility index (Phi) is 16.2. The average molecular weight is 678 g/mol. The Hall–Kier alpha value is -2.98. The Bertz CT molecular complexity index is 1250. The van der Waals surface area contributed by atoms with Gasteiger partial charge in [-0.3, -0.25) is 14.4 Å². The van der Waals surface area contributed by atoms with E-state index in [0.717, 1.165) is 21.7 Å². The summed E-state index contributed by atoms with van der Waals surface area (Å²) in [6, 6.07) is 6.13. The topological polar surface area (TPSA) is 175 Å². The number of nitrogens with zero attached hydrogens (tertiary/aromatic N) is 2. The van der Waals surface area contributed by atoms with E-state index >= 15 is 0 Å². The smallest absolute Gasteiger partial charge is 0.246 e. The van der Waals surface area contributed by atoms with Crippen molar-refractivity contribution >= 4 is 29.1 Å². The molecule has 0 aliphatic carbocycles. The minimum atomic E-state index is -0.901. The third-order valence-electron chi connectivity index (χ3n) is 7.56. The molecule has 1 fully saturated rings. The van der Waals surface area contributed by atoms with Gasteiger partial charge in [-0.25, -0.2) is 4.98 Å². The maximum atomic E-state index is 13.8. The van der Waals surface area contributed by atoms with Crippen molar-refractivity contribution in [3.8, 4) is 10.4 Å². The fraction of sp³-hybridized carbons (Fsp3) is 0.636. The summed E-state index contributed by atoms with van der Waals surface area (Å²) in [6.07, 6.45) is -0.665. The van der Waals surface area contributed by atoms with Gasteiger partial charge < -0.3 is 45.3 Å². The Morgan fingerprint density at radius 1 is 1.00 bits per heavy atom. The molecule has 1 aromatic heterocycles. The molecule has 0 spiro atoms.